The van der Waals surface area contributed by atoms with Crippen molar-refractivity contribution >= 4 is 91.3 Å². The molecule has 1 fully saturated rings. The third-order valence-corrected chi connectivity index (χ3v) is 21.0. The largest absolute Gasteiger partial charge is 0.310 e. The number of nitrogens with zero attached hydrogens (tertiary/aromatic N) is 4. The van der Waals surface area contributed by atoms with E-state index < -0.39 is 0 Å². The second-order valence-electron chi connectivity index (χ2n) is 26.9. The van der Waals surface area contributed by atoms with E-state index in [0.717, 1.165) is 136 Å². The predicted octanol–water partition coefficient (Wildman–Crippen LogP) is 24.8. The first-order chi connectivity index (χ1) is 50.2. The first kappa shape index (κ1) is 60.9. The Hall–Kier alpha value is -12.4. The fraction of sp³-hybridized carbons (Fsp3) is 0.0625. The molecule has 1 aliphatic carbocycles. The number of hydrogen-bond acceptors (Lipinski definition) is 4. The van der Waals surface area contributed by atoms with Gasteiger partial charge >= 0.3 is 0 Å². The van der Waals surface area contributed by atoms with Gasteiger partial charge in [-0.05, 0) is 147 Å². The summed E-state index contributed by atoms with van der Waals surface area (Å²) in [5, 5.41) is 0. The number of fused-ring (bicyclic) bond motifs is 4. The molecule has 0 spiro atoms. The lowest BCUT2D eigenvalue weighted by molar-refractivity contribution is 0.444. The molecule has 101 heavy (non-hydrogen) atoms. The summed E-state index contributed by atoms with van der Waals surface area (Å²) in [6.45, 7) is -0.238. The molecule has 18 rings (SSSR count). The van der Waals surface area contributed by atoms with Gasteiger partial charge in [0.25, 0.3) is 6.71 Å². The summed E-state index contributed by atoms with van der Waals surface area (Å²) >= 11 is 0. The van der Waals surface area contributed by atoms with Gasteiger partial charge in [-0.3, -0.25) is 0 Å². The van der Waals surface area contributed by atoms with Crippen LogP contribution in [0.1, 0.15) is 43.6 Å². The quantitative estimate of drug-likeness (QED) is 0.0949. The van der Waals surface area contributed by atoms with Gasteiger partial charge in [-0.2, -0.15) is 0 Å². The third kappa shape index (κ3) is 11.2. The standard InChI is InChI=1S/C96H73BN4/c1-10-34-68(35-11-1)75-64-92-94-93(65-75)101(96-84(73-44-20-6-21-45-73)56-33-57-85(96)74-46-22-7-23-47-74)91-67-79(99(77-50-26-9-27-51-77)89-59-31-29-53-81(89)70-38-14-3-15-39-70)61-63-87(91)97(94)86-62-60-78(98(76-48-24-8-25-49-76)88-58-30-28-52-80(88)69-36-12-2-13-37-69)66-90(86)100(92)95-82(71-40-16-4-17-41-71)54-32-55-83(95)72-42-18-5-19-43-72/h2-9,12-33,36-68H,1,10-11,34-35H2. The zero-order valence-electron chi connectivity index (χ0n) is 56.3. The van der Waals surface area contributed by atoms with Crippen LogP contribution in [-0.2, 0) is 0 Å². The third-order valence-electron chi connectivity index (χ3n) is 21.0. The van der Waals surface area contributed by atoms with Gasteiger partial charge < -0.3 is 19.6 Å². The van der Waals surface area contributed by atoms with Crippen LogP contribution < -0.4 is 36.0 Å². The van der Waals surface area contributed by atoms with Gasteiger partial charge in [0.15, 0.2) is 0 Å². The summed E-state index contributed by atoms with van der Waals surface area (Å²) in [5.41, 5.74) is 32.3. The van der Waals surface area contributed by atoms with Crippen molar-refractivity contribution < 1.29 is 0 Å². The van der Waals surface area contributed by atoms with Crippen molar-refractivity contribution in [3.8, 4) is 66.8 Å². The molecule has 0 unspecified atom stereocenters. The van der Waals surface area contributed by atoms with Gasteiger partial charge in [0, 0.05) is 78.9 Å². The van der Waals surface area contributed by atoms with E-state index in [1.54, 1.807) is 0 Å². The van der Waals surface area contributed by atoms with Gasteiger partial charge in [-0.25, -0.2) is 0 Å². The Morgan fingerprint density at radius 2 is 0.545 bits per heavy atom. The molecular weight excluding hydrogens is 1220 g/mol. The first-order valence-corrected chi connectivity index (χ1v) is 35.7. The van der Waals surface area contributed by atoms with Crippen LogP contribution in [0.15, 0.2) is 376 Å². The Balaban J connectivity index is 0.995. The van der Waals surface area contributed by atoms with E-state index in [-0.39, 0.29) is 6.71 Å². The molecular formula is C96H73BN4. The SMILES string of the molecule is c1ccc(-c2ccccc2N(c2ccccc2)c2ccc3c(c2)N(c2c(-c4ccccc4)cccc2-c2ccccc2)c2cc(C4CCCCC4)cc4c2B3c2ccc(N(c3ccccc3)c3ccccc3-c3ccccc3)cc2N4c2c(-c3ccccc3)cccc2-c2ccccc2)cc1. The number of rotatable bonds is 15. The predicted molar refractivity (Wildman–Crippen MR) is 428 cm³/mol. The van der Waals surface area contributed by atoms with Gasteiger partial charge in [0.1, 0.15) is 0 Å². The van der Waals surface area contributed by atoms with E-state index in [9.17, 15) is 0 Å². The molecule has 0 bridgehead atoms. The van der Waals surface area contributed by atoms with Crippen molar-refractivity contribution in [1.82, 2.24) is 0 Å². The topological polar surface area (TPSA) is 13.0 Å². The highest BCUT2D eigenvalue weighted by atomic mass is 15.2. The van der Waals surface area contributed by atoms with Crippen LogP contribution in [0, 0.1) is 0 Å². The Morgan fingerprint density at radius 3 is 0.891 bits per heavy atom. The fourth-order valence-electron chi connectivity index (χ4n) is 16.5. The van der Waals surface area contributed by atoms with Crippen molar-refractivity contribution in [2.75, 3.05) is 19.6 Å². The molecule has 0 N–H and O–H groups in total. The number of hydrogen-bond donors (Lipinski definition) is 0. The normalized spacial score (nSPS) is 13.0. The Bertz CT molecular complexity index is 5010. The van der Waals surface area contributed by atoms with Crippen LogP contribution in [0.4, 0.5) is 68.2 Å². The number of para-hydroxylation sites is 6. The van der Waals surface area contributed by atoms with Crippen LogP contribution in [0.2, 0.25) is 0 Å². The molecule has 0 atom stereocenters. The average molecular weight is 1290 g/mol. The molecule has 15 aromatic rings. The van der Waals surface area contributed by atoms with Crippen molar-refractivity contribution in [2.24, 2.45) is 0 Å². The van der Waals surface area contributed by atoms with Gasteiger partial charge in [0.05, 0.1) is 22.7 Å². The minimum Gasteiger partial charge on any atom is -0.310 e. The molecule has 480 valence electrons. The molecule has 4 nitrogen and oxygen atoms in total. The van der Waals surface area contributed by atoms with Crippen molar-refractivity contribution in [3.05, 3.63) is 382 Å². The first-order valence-electron chi connectivity index (χ1n) is 35.7. The summed E-state index contributed by atoms with van der Waals surface area (Å²) in [6, 6.07) is 140. The van der Waals surface area contributed by atoms with E-state index in [2.05, 4.69) is 396 Å². The van der Waals surface area contributed by atoms with E-state index in [0.29, 0.717) is 5.92 Å². The highest BCUT2D eigenvalue weighted by Gasteiger charge is 2.46. The van der Waals surface area contributed by atoms with Crippen molar-refractivity contribution in [2.45, 2.75) is 38.0 Å². The van der Waals surface area contributed by atoms with E-state index in [1.165, 1.54) is 52.6 Å². The van der Waals surface area contributed by atoms with Crippen LogP contribution in [-0.4, -0.2) is 6.71 Å². The van der Waals surface area contributed by atoms with E-state index in [1.807, 2.05) is 0 Å². The zero-order chi connectivity index (χ0) is 67.0. The molecule has 0 amide bonds. The summed E-state index contributed by atoms with van der Waals surface area (Å²) in [7, 11) is 0. The van der Waals surface area contributed by atoms with Gasteiger partial charge in [0.2, 0.25) is 0 Å². The van der Waals surface area contributed by atoms with Crippen LogP contribution >= 0.6 is 0 Å². The number of benzene rings is 15. The molecule has 5 heteroatoms. The molecule has 2 heterocycles. The summed E-state index contributed by atoms with van der Waals surface area (Å²) in [4.78, 5) is 10.4. The maximum absolute atomic E-state index is 2.73. The summed E-state index contributed by atoms with van der Waals surface area (Å²) < 4.78 is 0. The molecule has 0 radical (unpaired) electrons. The minimum atomic E-state index is -0.238. The lowest BCUT2D eigenvalue weighted by Crippen LogP contribution is -2.61. The summed E-state index contributed by atoms with van der Waals surface area (Å²) in [5.74, 6) is 0.329. The molecule has 3 aliphatic rings. The van der Waals surface area contributed by atoms with Gasteiger partial charge in [-0.1, -0.05) is 323 Å². The smallest absolute Gasteiger partial charge is 0.252 e. The number of anilines is 12. The molecule has 1 saturated carbocycles. The second kappa shape index (κ2) is 26.8. The fourth-order valence-corrected chi connectivity index (χ4v) is 16.5. The van der Waals surface area contributed by atoms with Crippen LogP contribution in [0.3, 0.4) is 0 Å². The Morgan fingerprint density at radius 1 is 0.248 bits per heavy atom. The van der Waals surface area contributed by atoms with Crippen LogP contribution in [0.25, 0.3) is 66.8 Å². The van der Waals surface area contributed by atoms with Crippen molar-refractivity contribution in [3.63, 3.8) is 0 Å². The van der Waals surface area contributed by atoms with Crippen molar-refractivity contribution in [1.29, 1.82) is 0 Å². The van der Waals surface area contributed by atoms with E-state index >= 15 is 0 Å². The Kier molecular flexibility index (Phi) is 16.2. The molecule has 0 aromatic heterocycles. The summed E-state index contributed by atoms with van der Waals surface area (Å²) in [6.07, 6.45) is 5.86. The lowest BCUT2D eigenvalue weighted by atomic mass is 9.33. The van der Waals surface area contributed by atoms with Gasteiger partial charge in [-0.15, -0.1) is 0 Å². The zero-order valence-corrected chi connectivity index (χ0v) is 56.3. The average Bonchev–Trinajstić information content (AvgIpc) is 0.689. The maximum atomic E-state index is 2.73. The lowest BCUT2D eigenvalue weighted by Gasteiger charge is -2.46. The highest BCUT2D eigenvalue weighted by molar-refractivity contribution is 7.00. The highest BCUT2D eigenvalue weighted by Crippen LogP contribution is 2.56. The van der Waals surface area contributed by atoms with Crippen LogP contribution in [0.5, 0.6) is 0 Å². The second-order valence-corrected chi connectivity index (χ2v) is 26.9. The monoisotopic (exact) mass is 1290 g/mol. The molecule has 2 aliphatic heterocycles. The maximum Gasteiger partial charge on any atom is 0.252 e. The molecule has 0 saturated heterocycles. The minimum absolute atomic E-state index is 0.238. The Labute approximate surface area is 593 Å². The van der Waals surface area contributed by atoms with E-state index in [4.69, 9.17) is 0 Å². The molecule has 15 aromatic carbocycles.